The summed E-state index contributed by atoms with van der Waals surface area (Å²) in [6, 6.07) is 9.23. The summed E-state index contributed by atoms with van der Waals surface area (Å²) < 4.78 is 120. The molecular formula is C30H24F7N5O4S. The first-order valence-corrected chi connectivity index (χ1v) is 15.6. The third-order valence-electron chi connectivity index (χ3n) is 7.24. The molecular weight excluding hydrogens is 659 g/mol. The van der Waals surface area contributed by atoms with Gasteiger partial charge in [0, 0.05) is 12.3 Å². The zero-order chi connectivity index (χ0) is 34.9. The average Bonchev–Trinajstić information content (AvgIpc) is 3.00. The Morgan fingerprint density at radius 3 is 2.23 bits per heavy atom. The van der Waals surface area contributed by atoms with Gasteiger partial charge in [0.15, 0.2) is 15.5 Å². The highest BCUT2D eigenvalue weighted by Crippen LogP contribution is 2.33. The number of halogens is 7. The Hall–Kier alpha value is -4.85. The van der Waals surface area contributed by atoms with Crippen molar-refractivity contribution in [3.05, 3.63) is 99.0 Å². The summed E-state index contributed by atoms with van der Waals surface area (Å²) in [5.41, 5.74) is -4.55. The number of alkyl halides is 6. The standard InChI is InChI=1S/C30H24F7N5O4S/c1-3-47(45,46)13-12-41(25(43)15-19-6-10-23(31)22(14-19)29(32,33)34)17(2)27-40-26-21(9-11-24(39-26)30(35,36)37)28(44)42(27)20-7-4-18(16-38)5-8-20/h4-11,14,17H,3,12-13,15H2,1-2H3/t17-/m1/s1. The summed E-state index contributed by atoms with van der Waals surface area (Å²) in [6.07, 6.45) is -10.8. The van der Waals surface area contributed by atoms with E-state index in [4.69, 9.17) is 0 Å². The van der Waals surface area contributed by atoms with Gasteiger partial charge in [0.2, 0.25) is 5.91 Å². The van der Waals surface area contributed by atoms with Crippen LogP contribution in [0.5, 0.6) is 0 Å². The molecule has 2 aromatic carbocycles. The van der Waals surface area contributed by atoms with Crippen LogP contribution in [0.1, 0.15) is 48.1 Å². The van der Waals surface area contributed by atoms with Crippen molar-refractivity contribution in [3.8, 4) is 11.8 Å². The molecule has 0 saturated heterocycles. The Morgan fingerprint density at radius 2 is 1.66 bits per heavy atom. The number of carbonyl (C=O) groups excluding carboxylic acids is 1. The largest absolute Gasteiger partial charge is 0.433 e. The fourth-order valence-electron chi connectivity index (χ4n) is 4.69. The van der Waals surface area contributed by atoms with Crippen LogP contribution in [0.2, 0.25) is 0 Å². The van der Waals surface area contributed by atoms with Crippen LogP contribution in [0.3, 0.4) is 0 Å². The Labute approximate surface area is 262 Å². The number of rotatable bonds is 9. The number of nitriles is 1. The number of fused-ring (bicyclic) bond motifs is 1. The van der Waals surface area contributed by atoms with E-state index in [1.54, 1.807) is 0 Å². The van der Waals surface area contributed by atoms with E-state index in [1.807, 2.05) is 6.07 Å². The highest BCUT2D eigenvalue weighted by atomic mass is 32.2. The Morgan fingerprint density at radius 1 is 1.00 bits per heavy atom. The second-order valence-corrected chi connectivity index (χ2v) is 12.8. The Bertz CT molecular complexity index is 2040. The van der Waals surface area contributed by atoms with Gasteiger partial charge in [-0.3, -0.25) is 14.2 Å². The van der Waals surface area contributed by atoms with Crippen molar-refractivity contribution in [1.29, 1.82) is 5.26 Å². The molecule has 0 radical (unpaired) electrons. The molecule has 1 atom stereocenters. The highest BCUT2D eigenvalue weighted by molar-refractivity contribution is 7.91. The molecule has 1 amide bonds. The predicted octanol–water partition coefficient (Wildman–Crippen LogP) is 5.40. The van der Waals surface area contributed by atoms with Gasteiger partial charge in [-0.1, -0.05) is 13.0 Å². The van der Waals surface area contributed by atoms with Crippen molar-refractivity contribution in [2.75, 3.05) is 18.1 Å². The molecule has 0 spiro atoms. The fraction of sp³-hybridized carbons (Fsp3) is 0.300. The van der Waals surface area contributed by atoms with Gasteiger partial charge in [-0.05, 0) is 61.0 Å². The fourth-order valence-corrected chi connectivity index (χ4v) is 5.45. The maximum atomic E-state index is 13.9. The molecule has 17 heteroatoms. The number of hydrogen-bond acceptors (Lipinski definition) is 7. The number of pyridine rings is 1. The van der Waals surface area contributed by atoms with Gasteiger partial charge < -0.3 is 4.90 Å². The molecule has 2 heterocycles. The van der Waals surface area contributed by atoms with E-state index in [0.717, 1.165) is 21.6 Å². The lowest BCUT2D eigenvalue weighted by atomic mass is 10.1. The first-order valence-electron chi connectivity index (χ1n) is 13.7. The molecule has 0 aliphatic rings. The monoisotopic (exact) mass is 683 g/mol. The Kier molecular flexibility index (Phi) is 9.76. The second-order valence-electron chi connectivity index (χ2n) is 10.3. The van der Waals surface area contributed by atoms with E-state index in [2.05, 4.69) is 9.97 Å². The van der Waals surface area contributed by atoms with Gasteiger partial charge in [-0.15, -0.1) is 0 Å². The van der Waals surface area contributed by atoms with E-state index >= 15 is 0 Å². The second kappa shape index (κ2) is 13.1. The van der Waals surface area contributed by atoms with Crippen LogP contribution >= 0.6 is 0 Å². The van der Waals surface area contributed by atoms with Gasteiger partial charge in [0.25, 0.3) is 5.56 Å². The third kappa shape index (κ3) is 7.76. The zero-order valence-corrected chi connectivity index (χ0v) is 25.3. The van der Waals surface area contributed by atoms with Crippen LogP contribution in [0.15, 0.2) is 59.4 Å². The van der Waals surface area contributed by atoms with E-state index in [9.17, 15) is 54.0 Å². The molecule has 2 aromatic heterocycles. The van der Waals surface area contributed by atoms with Crippen LogP contribution in [0.25, 0.3) is 16.7 Å². The summed E-state index contributed by atoms with van der Waals surface area (Å²) in [5.74, 6) is -3.85. The molecule has 9 nitrogen and oxygen atoms in total. The quantitative estimate of drug-likeness (QED) is 0.217. The van der Waals surface area contributed by atoms with Crippen molar-refractivity contribution in [3.63, 3.8) is 0 Å². The summed E-state index contributed by atoms with van der Waals surface area (Å²) in [5, 5.41) is 8.86. The number of amides is 1. The average molecular weight is 684 g/mol. The number of carbonyl (C=O) groups is 1. The van der Waals surface area contributed by atoms with Crippen molar-refractivity contribution in [1.82, 2.24) is 19.4 Å². The van der Waals surface area contributed by atoms with Crippen molar-refractivity contribution in [2.24, 2.45) is 0 Å². The van der Waals surface area contributed by atoms with Crippen LogP contribution in [-0.4, -0.2) is 51.8 Å². The number of sulfone groups is 1. The number of aromatic nitrogens is 3. The minimum atomic E-state index is -5.08. The predicted molar refractivity (Wildman–Crippen MR) is 154 cm³/mol. The first kappa shape index (κ1) is 35.0. The van der Waals surface area contributed by atoms with Gasteiger partial charge in [0.1, 0.15) is 17.3 Å². The lowest BCUT2D eigenvalue weighted by Gasteiger charge is -2.30. The molecule has 0 aliphatic carbocycles. The summed E-state index contributed by atoms with van der Waals surface area (Å²) in [7, 11) is -3.75. The third-order valence-corrected chi connectivity index (χ3v) is 8.92. The maximum absolute atomic E-state index is 13.9. The lowest BCUT2D eigenvalue weighted by molar-refractivity contribution is -0.141. The molecule has 248 valence electrons. The van der Waals surface area contributed by atoms with Gasteiger partial charge >= 0.3 is 12.4 Å². The molecule has 0 fully saturated rings. The summed E-state index contributed by atoms with van der Waals surface area (Å²) in [6.45, 7) is 2.09. The number of benzene rings is 2. The van der Waals surface area contributed by atoms with Gasteiger partial charge in [-0.2, -0.15) is 31.6 Å². The van der Waals surface area contributed by atoms with E-state index in [1.165, 1.54) is 38.1 Å². The van der Waals surface area contributed by atoms with Crippen molar-refractivity contribution in [2.45, 2.75) is 38.7 Å². The molecule has 0 bridgehead atoms. The Balaban J connectivity index is 1.91. The molecule has 0 N–H and O–H groups in total. The summed E-state index contributed by atoms with van der Waals surface area (Å²) >= 11 is 0. The van der Waals surface area contributed by atoms with Crippen molar-refractivity contribution >= 4 is 26.8 Å². The van der Waals surface area contributed by atoms with Crippen LogP contribution < -0.4 is 5.56 Å². The molecule has 0 unspecified atom stereocenters. The van der Waals surface area contributed by atoms with E-state index < -0.39 is 81.1 Å². The SMILES string of the molecule is CCS(=O)(=O)CCN(C(=O)Cc1ccc(F)c(C(F)(F)F)c1)[C@H](C)c1nc2nc(C(F)(F)F)ccc2c(=O)n1-c1ccc(C#N)cc1. The zero-order valence-electron chi connectivity index (χ0n) is 24.5. The highest BCUT2D eigenvalue weighted by Gasteiger charge is 2.36. The van der Waals surface area contributed by atoms with E-state index in [-0.39, 0.29) is 33.8 Å². The maximum Gasteiger partial charge on any atom is 0.433 e. The smallest absolute Gasteiger partial charge is 0.331 e. The lowest BCUT2D eigenvalue weighted by Crippen LogP contribution is -2.41. The molecule has 0 aliphatic heterocycles. The summed E-state index contributed by atoms with van der Waals surface area (Å²) in [4.78, 5) is 36.1. The molecule has 4 rings (SSSR count). The van der Waals surface area contributed by atoms with Gasteiger partial charge in [0.05, 0.1) is 46.5 Å². The minimum Gasteiger partial charge on any atom is -0.331 e. The molecule has 47 heavy (non-hydrogen) atoms. The molecule has 4 aromatic rings. The molecule has 0 saturated carbocycles. The van der Waals surface area contributed by atoms with Gasteiger partial charge in [-0.25, -0.2) is 22.8 Å². The topological polar surface area (TPSA) is 126 Å². The van der Waals surface area contributed by atoms with E-state index in [0.29, 0.717) is 18.2 Å². The normalized spacial score (nSPS) is 12.9. The van der Waals surface area contributed by atoms with Crippen LogP contribution in [0, 0.1) is 17.1 Å². The van der Waals surface area contributed by atoms with Crippen molar-refractivity contribution < 1.29 is 43.9 Å². The number of nitrogens with zero attached hydrogens (tertiary/aromatic N) is 5. The first-order chi connectivity index (χ1) is 21.9. The number of hydrogen-bond donors (Lipinski definition) is 0. The minimum absolute atomic E-state index is 0.0760. The van der Waals surface area contributed by atoms with Crippen LogP contribution in [0.4, 0.5) is 30.7 Å². The van der Waals surface area contributed by atoms with Crippen LogP contribution in [-0.2, 0) is 33.4 Å².